The molecule has 10 nitrogen and oxygen atoms in total. The molecule has 1 aliphatic heterocycles. The van der Waals surface area contributed by atoms with Crippen LogP contribution in [0.1, 0.15) is 56.1 Å². The molecule has 0 unspecified atom stereocenters. The number of carbonyl (C=O) groups excluding carboxylic acids is 2. The summed E-state index contributed by atoms with van der Waals surface area (Å²) in [5, 5.41) is 15.1. The molecule has 2 amide bonds. The minimum Gasteiger partial charge on any atom is -0.342 e. The number of hydrogen-bond acceptors (Lipinski definition) is 6. The van der Waals surface area contributed by atoms with Crippen LogP contribution < -0.4 is 5.32 Å². The van der Waals surface area contributed by atoms with Gasteiger partial charge in [0, 0.05) is 35.3 Å². The van der Waals surface area contributed by atoms with Gasteiger partial charge in [0.1, 0.15) is 23.0 Å². The summed E-state index contributed by atoms with van der Waals surface area (Å²) in [6.07, 6.45) is 6.48. The van der Waals surface area contributed by atoms with E-state index in [1.165, 1.54) is 17.1 Å². The molecule has 4 aromatic rings. The number of benzene rings is 2. The molecule has 218 valence electrons. The van der Waals surface area contributed by atoms with Crippen LogP contribution in [0.2, 0.25) is 10.2 Å². The minimum absolute atomic E-state index is 0.0277. The molecule has 1 aliphatic rings. The second kappa shape index (κ2) is 12.5. The first kappa shape index (κ1) is 29.5. The number of hydrogen-bond donors (Lipinski definition) is 2. The quantitative estimate of drug-likeness (QED) is 0.253. The summed E-state index contributed by atoms with van der Waals surface area (Å²) in [5.74, 6) is -0.0739. The molecule has 5 rings (SSSR count). The van der Waals surface area contributed by atoms with Crippen LogP contribution in [0.4, 0.5) is 0 Å². The number of imidazole rings is 1. The molecule has 3 heterocycles. The van der Waals surface area contributed by atoms with Crippen molar-refractivity contribution in [3.63, 3.8) is 0 Å². The normalized spacial score (nSPS) is 15.6. The van der Waals surface area contributed by atoms with E-state index in [2.05, 4.69) is 39.7 Å². The van der Waals surface area contributed by atoms with Crippen molar-refractivity contribution in [1.82, 2.24) is 40.4 Å². The van der Waals surface area contributed by atoms with Gasteiger partial charge in [-0.2, -0.15) is 4.68 Å². The smallest absolute Gasteiger partial charge is 0.244 e. The lowest BCUT2D eigenvalue weighted by Gasteiger charge is -2.38. The van der Waals surface area contributed by atoms with E-state index in [1.807, 2.05) is 36.1 Å². The molecule has 1 atom stereocenters. The van der Waals surface area contributed by atoms with Gasteiger partial charge in [0.25, 0.3) is 0 Å². The van der Waals surface area contributed by atoms with Crippen molar-refractivity contribution in [2.45, 2.75) is 46.1 Å². The SMILES string of the molecule is Cc1ccc(-c2nc([C@H](CC(=O)N3CCCC(C)(C)C3)NC(=O)/C=C/c3cc(Cl)ccc3-n3cnnn3)[nH]c2Cl)cc1. The zero-order valence-corrected chi connectivity index (χ0v) is 25.2. The lowest BCUT2D eigenvalue weighted by atomic mass is 9.84. The van der Waals surface area contributed by atoms with Crippen molar-refractivity contribution in [2.75, 3.05) is 13.1 Å². The number of likely N-dealkylation sites (tertiary alicyclic amines) is 1. The second-order valence-corrected chi connectivity index (χ2v) is 12.1. The van der Waals surface area contributed by atoms with Crippen molar-refractivity contribution >= 4 is 41.1 Å². The van der Waals surface area contributed by atoms with E-state index in [0.717, 1.165) is 24.0 Å². The number of halogens is 2. The van der Waals surface area contributed by atoms with E-state index in [-0.39, 0.29) is 17.7 Å². The maximum atomic E-state index is 13.5. The van der Waals surface area contributed by atoms with Crippen molar-refractivity contribution in [2.24, 2.45) is 5.41 Å². The number of rotatable bonds is 8. The highest BCUT2D eigenvalue weighted by molar-refractivity contribution is 6.32. The third-order valence-corrected chi connectivity index (χ3v) is 7.79. The fourth-order valence-corrected chi connectivity index (χ4v) is 5.55. The number of aryl methyl sites for hydroxylation is 1. The predicted octanol–water partition coefficient (Wildman–Crippen LogP) is 5.58. The van der Waals surface area contributed by atoms with Crippen LogP contribution >= 0.6 is 23.2 Å². The Hall–Kier alpha value is -4.02. The molecule has 0 spiro atoms. The van der Waals surface area contributed by atoms with Crippen LogP contribution in [0.25, 0.3) is 23.0 Å². The van der Waals surface area contributed by atoms with Crippen LogP contribution in [-0.2, 0) is 9.59 Å². The Kier molecular flexibility index (Phi) is 8.74. The Labute approximate surface area is 254 Å². The molecule has 2 aromatic carbocycles. The maximum absolute atomic E-state index is 13.5. The average molecular weight is 608 g/mol. The van der Waals surface area contributed by atoms with Crippen molar-refractivity contribution in [3.05, 3.63) is 82.0 Å². The highest BCUT2D eigenvalue weighted by atomic mass is 35.5. The number of H-pyrrole nitrogens is 1. The van der Waals surface area contributed by atoms with Crippen molar-refractivity contribution in [3.8, 4) is 16.9 Å². The number of nitrogens with one attached hydrogen (secondary N) is 2. The first-order chi connectivity index (χ1) is 20.1. The van der Waals surface area contributed by atoms with Gasteiger partial charge >= 0.3 is 0 Å². The Morgan fingerprint density at radius 3 is 2.67 bits per heavy atom. The van der Waals surface area contributed by atoms with Gasteiger partial charge in [-0.25, -0.2) is 4.98 Å². The van der Waals surface area contributed by atoms with Crippen LogP contribution in [0.3, 0.4) is 0 Å². The summed E-state index contributed by atoms with van der Waals surface area (Å²) < 4.78 is 1.48. The van der Waals surface area contributed by atoms with Gasteiger partial charge in [0.05, 0.1) is 18.2 Å². The lowest BCUT2D eigenvalue weighted by molar-refractivity contribution is -0.135. The number of nitrogens with zero attached hydrogens (tertiary/aromatic N) is 6. The standard InChI is InChI=1S/C30H32Cl2N8O2/c1-19-5-7-20(8-6-19)27-28(32)36-29(35-27)23(16-26(42)39-14-4-13-30(2,3)17-39)34-25(41)12-9-21-15-22(31)10-11-24(21)40-18-33-37-38-40/h5-12,15,18,23H,4,13-14,16-17H2,1-3H3,(H,34,41)(H,35,36)/b12-9+/t23-/m0/s1. The van der Waals surface area contributed by atoms with Crippen LogP contribution in [0, 0.1) is 12.3 Å². The molecule has 0 bridgehead atoms. The van der Waals surface area contributed by atoms with Crippen molar-refractivity contribution in [1.29, 1.82) is 0 Å². The van der Waals surface area contributed by atoms with Crippen LogP contribution in [0.5, 0.6) is 0 Å². The minimum atomic E-state index is -0.741. The zero-order valence-electron chi connectivity index (χ0n) is 23.6. The Morgan fingerprint density at radius 1 is 1.17 bits per heavy atom. The Morgan fingerprint density at radius 2 is 1.95 bits per heavy atom. The predicted molar refractivity (Wildman–Crippen MR) is 162 cm³/mol. The fourth-order valence-electron chi connectivity index (χ4n) is 5.12. The van der Waals surface area contributed by atoms with Gasteiger partial charge < -0.3 is 15.2 Å². The molecule has 1 fully saturated rings. The van der Waals surface area contributed by atoms with Crippen molar-refractivity contribution < 1.29 is 9.59 Å². The summed E-state index contributed by atoms with van der Waals surface area (Å²) >= 11 is 12.8. The molecular weight excluding hydrogens is 575 g/mol. The molecular formula is C30H32Cl2N8O2. The summed E-state index contributed by atoms with van der Waals surface area (Å²) in [6.45, 7) is 7.68. The number of piperidine rings is 1. The van der Waals surface area contributed by atoms with Crippen LogP contribution in [-0.4, -0.2) is 60.0 Å². The van der Waals surface area contributed by atoms with E-state index in [9.17, 15) is 9.59 Å². The maximum Gasteiger partial charge on any atom is 0.244 e. The van der Waals surface area contributed by atoms with E-state index in [0.29, 0.717) is 46.0 Å². The first-order valence-corrected chi connectivity index (χ1v) is 14.5. The summed E-state index contributed by atoms with van der Waals surface area (Å²) in [5.41, 5.74) is 3.82. The van der Waals surface area contributed by atoms with E-state index < -0.39 is 11.9 Å². The molecule has 2 N–H and O–H groups in total. The third kappa shape index (κ3) is 7.06. The number of tetrazole rings is 1. The van der Waals surface area contributed by atoms with Gasteiger partial charge in [-0.05, 0) is 59.9 Å². The van der Waals surface area contributed by atoms with E-state index in [4.69, 9.17) is 28.2 Å². The number of aromatic nitrogens is 6. The lowest BCUT2D eigenvalue weighted by Crippen LogP contribution is -2.45. The summed E-state index contributed by atoms with van der Waals surface area (Å²) in [7, 11) is 0. The molecule has 0 radical (unpaired) electrons. The fraction of sp³-hybridized carbons (Fsp3) is 0.333. The van der Waals surface area contributed by atoms with Gasteiger partial charge in [-0.15, -0.1) is 5.10 Å². The average Bonchev–Trinajstić information content (AvgIpc) is 3.62. The molecule has 0 aliphatic carbocycles. The van der Waals surface area contributed by atoms with Gasteiger partial charge in [0.2, 0.25) is 11.8 Å². The summed E-state index contributed by atoms with van der Waals surface area (Å²) in [6, 6.07) is 12.3. The highest BCUT2D eigenvalue weighted by Crippen LogP contribution is 2.31. The highest BCUT2D eigenvalue weighted by Gasteiger charge is 2.31. The molecule has 2 aromatic heterocycles. The van der Waals surface area contributed by atoms with Gasteiger partial charge in [-0.3, -0.25) is 9.59 Å². The number of carbonyl (C=O) groups is 2. The van der Waals surface area contributed by atoms with Gasteiger partial charge in [-0.1, -0.05) is 66.9 Å². The van der Waals surface area contributed by atoms with E-state index >= 15 is 0 Å². The molecule has 0 saturated carbocycles. The second-order valence-electron chi connectivity index (χ2n) is 11.3. The largest absolute Gasteiger partial charge is 0.342 e. The molecule has 1 saturated heterocycles. The summed E-state index contributed by atoms with van der Waals surface area (Å²) in [4.78, 5) is 36.4. The number of aromatic amines is 1. The molecule has 42 heavy (non-hydrogen) atoms. The molecule has 12 heteroatoms. The third-order valence-electron chi connectivity index (χ3n) is 7.28. The first-order valence-electron chi connectivity index (χ1n) is 13.7. The number of amides is 2. The zero-order chi connectivity index (χ0) is 29.9. The van der Waals surface area contributed by atoms with Crippen LogP contribution in [0.15, 0.2) is 54.9 Å². The Bertz CT molecular complexity index is 1600. The topological polar surface area (TPSA) is 122 Å². The monoisotopic (exact) mass is 606 g/mol. The Balaban J connectivity index is 1.41. The van der Waals surface area contributed by atoms with E-state index in [1.54, 1.807) is 24.3 Å². The van der Waals surface area contributed by atoms with Gasteiger partial charge in [0.15, 0.2) is 0 Å².